The fraction of sp³-hybridized carbons (Fsp3) is 0.684. The molecule has 3 nitrogen and oxygen atoms in total. The average molecular weight is 369 g/mol. The van der Waals surface area contributed by atoms with E-state index in [1.54, 1.807) is 0 Å². The summed E-state index contributed by atoms with van der Waals surface area (Å²) in [7, 11) is 2.23. The topological polar surface area (TPSA) is 18.5 Å². The zero-order chi connectivity index (χ0) is 17.5. The highest BCUT2D eigenvalue weighted by Gasteiger charge is 2.04. The van der Waals surface area contributed by atoms with Gasteiger partial charge in [-0.05, 0) is 45.0 Å². The normalized spacial score (nSPS) is 11.5. The Morgan fingerprint density at radius 1 is 0.958 bits per heavy atom. The highest BCUT2D eigenvalue weighted by Crippen LogP contribution is 2.02. The van der Waals surface area contributed by atoms with E-state index in [2.05, 4.69) is 65.1 Å². The van der Waals surface area contributed by atoms with E-state index < -0.39 is 0 Å². The van der Waals surface area contributed by atoms with Crippen LogP contribution in [-0.4, -0.2) is 74.2 Å². The van der Waals surface area contributed by atoms with Crippen molar-refractivity contribution < 1.29 is 0 Å². The predicted octanol–water partition coefficient (Wildman–Crippen LogP) is 2.96. The van der Waals surface area contributed by atoms with Crippen LogP contribution in [0.15, 0.2) is 30.3 Å². The van der Waals surface area contributed by atoms with E-state index in [4.69, 9.17) is 12.6 Å². The van der Waals surface area contributed by atoms with Crippen molar-refractivity contribution in [1.29, 1.82) is 0 Å². The van der Waals surface area contributed by atoms with Gasteiger partial charge in [-0.15, -0.1) is 0 Å². The van der Waals surface area contributed by atoms with E-state index >= 15 is 0 Å². The van der Waals surface area contributed by atoms with Crippen molar-refractivity contribution in [3.8, 4) is 0 Å². The molecule has 0 heterocycles. The maximum absolute atomic E-state index is 4.95. The van der Waals surface area contributed by atoms with Gasteiger partial charge in [0.1, 0.15) is 0 Å². The Morgan fingerprint density at radius 2 is 1.71 bits per heavy atom. The van der Waals surface area contributed by atoms with E-state index in [0.29, 0.717) is 0 Å². The molecule has 1 radical (unpaired) electrons. The molecule has 0 atom stereocenters. The van der Waals surface area contributed by atoms with Crippen LogP contribution in [0.5, 0.6) is 0 Å². The molecule has 0 unspecified atom stereocenters. The van der Waals surface area contributed by atoms with Crippen molar-refractivity contribution in [2.45, 2.75) is 19.3 Å². The second kappa shape index (κ2) is 15.1. The van der Waals surface area contributed by atoms with Crippen LogP contribution in [-0.2, 0) is 6.42 Å². The fourth-order valence-electron chi connectivity index (χ4n) is 2.70. The van der Waals surface area contributed by atoms with E-state index in [1.165, 1.54) is 31.5 Å². The molecule has 0 aromatic heterocycles. The van der Waals surface area contributed by atoms with E-state index in [-0.39, 0.29) is 0 Å². The molecule has 0 aliphatic rings. The number of hydrogen-bond donors (Lipinski definition) is 2. The summed E-state index contributed by atoms with van der Waals surface area (Å²) >= 11 is 9.33. The molecule has 1 aromatic rings. The van der Waals surface area contributed by atoms with Crippen molar-refractivity contribution in [3.05, 3.63) is 35.9 Å². The molecule has 1 aromatic carbocycles. The quantitative estimate of drug-likeness (QED) is 0.367. The lowest BCUT2D eigenvalue weighted by atomic mass is 10.1. The highest BCUT2D eigenvalue weighted by molar-refractivity contribution is 7.80. The Morgan fingerprint density at radius 3 is 2.42 bits per heavy atom. The summed E-state index contributed by atoms with van der Waals surface area (Å²) in [6.45, 7) is 7.62. The largest absolute Gasteiger partial charge is 0.315 e. The number of thiol groups is 1. The van der Waals surface area contributed by atoms with E-state index in [9.17, 15) is 0 Å². The molecule has 1 rings (SSSR count). The molecular formula is C19H34N3S2. The summed E-state index contributed by atoms with van der Waals surface area (Å²) in [5.74, 6) is 1.72. The second-order valence-electron chi connectivity index (χ2n) is 6.27. The number of likely N-dealkylation sites (N-methyl/N-ethyl adjacent to an activating group) is 1. The molecule has 137 valence electrons. The molecule has 0 spiro atoms. The van der Waals surface area contributed by atoms with Gasteiger partial charge in [0.25, 0.3) is 0 Å². The third-order valence-electron chi connectivity index (χ3n) is 4.19. The van der Waals surface area contributed by atoms with Gasteiger partial charge in [-0.1, -0.05) is 43.0 Å². The maximum Gasteiger partial charge on any atom is 0.0162 e. The molecule has 24 heavy (non-hydrogen) atoms. The van der Waals surface area contributed by atoms with Gasteiger partial charge in [-0.3, -0.25) is 0 Å². The Labute approximate surface area is 160 Å². The van der Waals surface area contributed by atoms with Crippen LogP contribution in [0, 0.1) is 0 Å². The van der Waals surface area contributed by atoms with Gasteiger partial charge < -0.3 is 15.1 Å². The molecule has 0 saturated carbocycles. The zero-order valence-electron chi connectivity index (χ0n) is 15.1. The SMILES string of the molecule is CN(CCCCN(CCS)CCNCC[S])CCc1ccccc1. The average Bonchev–Trinajstić information content (AvgIpc) is 2.61. The standard InChI is InChI=1S/C19H34N3S2/c1-21(14-9-19-7-3-2-4-8-19)12-5-6-13-22(16-18-24)15-10-20-11-17-23/h2-4,7-8,20,24H,5-6,9-18H2,1H3. The first-order valence-electron chi connectivity index (χ1n) is 9.10. The lowest BCUT2D eigenvalue weighted by Gasteiger charge is -2.22. The number of nitrogens with one attached hydrogen (secondary N) is 1. The summed E-state index contributed by atoms with van der Waals surface area (Å²) in [5.41, 5.74) is 1.43. The van der Waals surface area contributed by atoms with Gasteiger partial charge in [0.2, 0.25) is 0 Å². The molecular weight excluding hydrogens is 334 g/mol. The summed E-state index contributed by atoms with van der Waals surface area (Å²) in [6, 6.07) is 10.7. The fourth-order valence-corrected chi connectivity index (χ4v) is 3.13. The maximum atomic E-state index is 4.95. The van der Waals surface area contributed by atoms with Crippen molar-refractivity contribution in [2.24, 2.45) is 0 Å². The van der Waals surface area contributed by atoms with Crippen LogP contribution < -0.4 is 5.32 Å². The van der Waals surface area contributed by atoms with Crippen LogP contribution in [0.3, 0.4) is 0 Å². The number of nitrogens with zero attached hydrogens (tertiary/aromatic N) is 2. The predicted molar refractivity (Wildman–Crippen MR) is 112 cm³/mol. The Balaban J connectivity index is 2.08. The minimum Gasteiger partial charge on any atom is -0.315 e. The third-order valence-corrected chi connectivity index (χ3v) is 4.59. The number of hydrogen-bond acceptors (Lipinski definition) is 4. The molecule has 0 aliphatic heterocycles. The van der Waals surface area contributed by atoms with Crippen molar-refractivity contribution in [3.63, 3.8) is 0 Å². The molecule has 0 saturated heterocycles. The van der Waals surface area contributed by atoms with Gasteiger partial charge in [-0.25, -0.2) is 0 Å². The van der Waals surface area contributed by atoms with Crippen LogP contribution in [0.4, 0.5) is 0 Å². The van der Waals surface area contributed by atoms with Crippen molar-refractivity contribution >= 4 is 25.3 Å². The van der Waals surface area contributed by atoms with Crippen LogP contribution in [0.2, 0.25) is 0 Å². The Hall–Kier alpha value is -0.200. The molecule has 0 fully saturated rings. The van der Waals surface area contributed by atoms with Gasteiger partial charge in [0, 0.05) is 44.2 Å². The number of rotatable bonds is 15. The lowest BCUT2D eigenvalue weighted by Crippen LogP contribution is -2.35. The summed E-state index contributed by atoms with van der Waals surface area (Å²) < 4.78 is 0. The minimum absolute atomic E-state index is 0.794. The zero-order valence-corrected chi connectivity index (χ0v) is 16.8. The Bertz CT molecular complexity index is 389. The highest BCUT2D eigenvalue weighted by atomic mass is 32.1. The summed E-state index contributed by atoms with van der Waals surface area (Å²) in [5, 5.41) is 3.39. The van der Waals surface area contributed by atoms with Crippen LogP contribution in [0.25, 0.3) is 0 Å². The molecule has 0 amide bonds. The first-order valence-corrected chi connectivity index (χ1v) is 10.3. The minimum atomic E-state index is 0.794. The van der Waals surface area contributed by atoms with Gasteiger partial charge >= 0.3 is 0 Å². The smallest absolute Gasteiger partial charge is 0.0162 e. The van der Waals surface area contributed by atoms with E-state index in [0.717, 1.165) is 50.7 Å². The van der Waals surface area contributed by atoms with Crippen molar-refractivity contribution in [1.82, 2.24) is 15.1 Å². The summed E-state index contributed by atoms with van der Waals surface area (Å²) in [6.07, 6.45) is 3.65. The lowest BCUT2D eigenvalue weighted by molar-refractivity contribution is 0.269. The van der Waals surface area contributed by atoms with Crippen LogP contribution in [0.1, 0.15) is 18.4 Å². The number of unbranched alkanes of at least 4 members (excludes halogenated alkanes) is 1. The van der Waals surface area contributed by atoms with Gasteiger partial charge in [0.15, 0.2) is 0 Å². The van der Waals surface area contributed by atoms with E-state index in [1.807, 2.05) is 0 Å². The number of benzene rings is 1. The second-order valence-corrected chi connectivity index (χ2v) is 7.12. The van der Waals surface area contributed by atoms with Gasteiger partial charge in [0.05, 0.1) is 0 Å². The van der Waals surface area contributed by atoms with Crippen molar-refractivity contribution in [2.75, 3.05) is 64.4 Å². The van der Waals surface area contributed by atoms with Gasteiger partial charge in [-0.2, -0.15) is 12.6 Å². The first kappa shape index (κ1) is 21.8. The summed E-state index contributed by atoms with van der Waals surface area (Å²) in [4.78, 5) is 4.95. The molecule has 5 heteroatoms. The first-order chi connectivity index (χ1) is 11.8. The Kier molecular flexibility index (Phi) is 13.7. The van der Waals surface area contributed by atoms with Crippen LogP contribution >= 0.6 is 25.3 Å². The molecule has 0 aliphatic carbocycles. The molecule has 1 N–H and O–H groups in total. The third kappa shape index (κ3) is 11.4. The monoisotopic (exact) mass is 368 g/mol. The molecule has 0 bridgehead atoms.